The second-order valence-electron chi connectivity index (χ2n) is 8.45. The molecule has 2 heteroatoms. The summed E-state index contributed by atoms with van der Waals surface area (Å²) >= 11 is 0. The fraction of sp³-hybridized carbons (Fsp3) is 0.0968. The van der Waals surface area contributed by atoms with E-state index in [1.54, 1.807) is 0 Å². The van der Waals surface area contributed by atoms with Crippen molar-refractivity contribution in [1.29, 1.82) is 0 Å². The molecule has 0 amide bonds. The van der Waals surface area contributed by atoms with E-state index in [1.807, 2.05) is 18.2 Å². The summed E-state index contributed by atoms with van der Waals surface area (Å²) in [5.41, 5.74) is 7.39. The molecule has 0 bridgehead atoms. The molecule has 0 fully saturated rings. The van der Waals surface area contributed by atoms with Gasteiger partial charge in [0, 0.05) is 12.0 Å². The maximum Gasteiger partial charge on any atom is 0.165 e. The lowest BCUT2D eigenvalue weighted by Crippen LogP contribution is -2.03. The van der Waals surface area contributed by atoms with E-state index < -0.39 is 0 Å². The van der Waals surface area contributed by atoms with Gasteiger partial charge in [-0.15, -0.1) is 0 Å². The molecule has 0 aliphatic heterocycles. The average Bonchev–Trinajstić information content (AvgIpc) is 3.26. The van der Waals surface area contributed by atoms with Crippen LogP contribution in [0, 0.1) is 0 Å². The molecule has 5 aromatic carbocycles. The number of fused-ring (bicyclic) bond motifs is 4. The molecule has 2 nitrogen and oxygen atoms in total. The molecule has 160 valence electrons. The Bertz CT molecular complexity index is 1430. The molecule has 0 saturated carbocycles. The molecule has 0 spiro atoms. The first-order chi connectivity index (χ1) is 16.4. The highest BCUT2D eigenvalue weighted by atomic mass is 16.5. The first-order valence-corrected chi connectivity index (χ1v) is 11.4. The third-order valence-corrected chi connectivity index (χ3v) is 6.39. The summed E-state index contributed by atoms with van der Waals surface area (Å²) in [6.07, 6.45) is 0.860. The molecule has 0 heterocycles. The van der Waals surface area contributed by atoms with Gasteiger partial charge in [-0.2, -0.15) is 0 Å². The molecule has 0 unspecified atom stereocenters. The predicted octanol–water partition coefficient (Wildman–Crippen LogP) is 7.57. The van der Waals surface area contributed by atoms with E-state index in [0.717, 1.165) is 23.5 Å². The van der Waals surface area contributed by atoms with Crippen LogP contribution in [0.2, 0.25) is 0 Å². The third-order valence-electron chi connectivity index (χ3n) is 6.39. The van der Waals surface area contributed by atoms with E-state index in [2.05, 4.69) is 91.0 Å². The van der Waals surface area contributed by atoms with Crippen LogP contribution < -0.4 is 9.47 Å². The van der Waals surface area contributed by atoms with Crippen molar-refractivity contribution in [3.05, 3.63) is 131 Å². The number of ether oxygens (including phenoxy) is 2. The monoisotopic (exact) mass is 428 g/mol. The van der Waals surface area contributed by atoms with Crippen LogP contribution in [0.1, 0.15) is 22.3 Å². The molecule has 5 aromatic rings. The van der Waals surface area contributed by atoms with Crippen molar-refractivity contribution in [3.63, 3.8) is 0 Å². The van der Waals surface area contributed by atoms with Crippen molar-refractivity contribution in [2.24, 2.45) is 0 Å². The quantitative estimate of drug-likeness (QED) is 0.272. The molecule has 0 aromatic heterocycles. The minimum Gasteiger partial charge on any atom is -0.485 e. The van der Waals surface area contributed by atoms with Crippen LogP contribution in [0.3, 0.4) is 0 Å². The Morgan fingerprint density at radius 1 is 0.576 bits per heavy atom. The number of hydrogen-bond acceptors (Lipinski definition) is 2. The summed E-state index contributed by atoms with van der Waals surface area (Å²) in [6, 6.07) is 37.9. The van der Waals surface area contributed by atoms with E-state index >= 15 is 0 Å². The van der Waals surface area contributed by atoms with Crippen LogP contribution in [0.25, 0.3) is 21.9 Å². The Labute approximate surface area is 194 Å². The Morgan fingerprint density at radius 3 is 2.30 bits per heavy atom. The van der Waals surface area contributed by atoms with E-state index in [0.29, 0.717) is 13.2 Å². The molecular weight excluding hydrogens is 404 g/mol. The van der Waals surface area contributed by atoms with Crippen molar-refractivity contribution >= 4 is 10.8 Å². The van der Waals surface area contributed by atoms with Gasteiger partial charge in [0.25, 0.3) is 0 Å². The van der Waals surface area contributed by atoms with Crippen molar-refractivity contribution in [1.82, 2.24) is 0 Å². The zero-order valence-corrected chi connectivity index (χ0v) is 18.3. The molecule has 0 atom stereocenters. The summed E-state index contributed by atoms with van der Waals surface area (Å²) in [5.74, 6) is 1.65. The summed E-state index contributed by atoms with van der Waals surface area (Å²) in [6.45, 7) is 1.01. The summed E-state index contributed by atoms with van der Waals surface area (Å²) < 4.78 is 12.9. The molecule has 0 saturated heterocycles. The highest BCUT2D eigenvalue weighted by molar-refractivity contribution is 5.85. The van der Waals surface area contributed by atoms with Gasteiger partial charge in [-0.25, -0.2) is 0 Å². The average molecular weight is 429 g/mol. The van der Waals surface area contributed by atoms with E-state index in [1.165, 1.54) is 38.6 Å². The first-order valence-electron chi connectivity index (χ1n) is 11.4. The molecule has 1 aliphatic rings. The fourth-order valence-electron chi connectivity index (χ4n) is 4.74. The van der Waals surface area contributed by atoms with Gasteiger partial charge in [-0.3, -0.25) is 0 Å². The van der Waals surface area contributed by atoms with Crippen LogP contribution in [0.4, 0.5) is 0 Å². The Hall–Kier alpha value is -4.04. The van der Waals surface area contributed by atoms with Crippen LogP contribution in [-0.4, -0.2) is 0 Å². The second kappa shape index (κ2) is 8.48. The zero-order valence-electron chi connectivity index (χ0n) is 18.3. The number of hydrogen-bond donors (Lipinski definition) is 0. The van der Waals surface area contributed by atoms with Gasteiger partial charge in [-0.1, -0.05) is 103 Å². The largest absolute Gasteiger partial charge is 0.485 e. The second-order valence-corrected chi connectivity index (χ2v) is 8.45. The smallest absolute Gasteiger partial charge is 0.165 e. The van der Waals surface area contributed by atoms with Crippen molar-refractivity contribution in [3.8, 4) is 22.6 Å². The fourth-order valence-corrected chi connectivity index (χ4v) is 4.74. The lowest BCUT2D eigenvalue weighted by Gasteiger charge is -2.17. The van der Waals surface area contributed by atoms with Gasteiger partial charge in [0.2, 0.25) is 0 Å². The molecule has 33 heavy (non-hydrogen) atoms. The summed E-state index contributed by atoms with van der Waals surface area (Å²) in [5, 5.41) is 2.45. The number of benzene rings is 5. The van der Waals surface area contributed by atoms with E-state index in [4.69, 9.17) is 9.47 Å². The molecule has 1 aliphatic carbocycles. The first kappa shape index (κ1) is 19.6. The van der Waals surface area contributed by atoms with Crippen molar-refractivity contribution in [2.45, 2.75) is 19.6 Å². The zero-order chi connectivity index (χ0) is 22.0. The molecule has 0 radical (unpaired) electrons. The molecule has 0 N–H and O–H groups in total. The molecular formula is C31H24O2. The van der Waals surface area contributed by atoms with Gasteiger partial charge >= 0.3 is 0 Å². The minimum atomic E-state index is 0.496. The van der Waals surface area contributed by atoms with Gasteiger partial charge in [0.1, 0.15) is 13.2 Å². The summed E-state index contributed by atoms with van der Waals surface area (Å²) in [7, 11) is 0. The van der Waals surface area contributed by atoms with Crippen LogP contribution in [0.15, 0.2) is 109 Å². The standard InChI is InChI=1S/C31H24O2/c1-2-9-22(10-3-1)20-32-30-18-17-28-27-16-7-5-12-24(27)19-29(28)31(30)33-21-25-14-8-13-23-11-4-6-15-26(23)25/h1-18H,19-21H2. The SMILES string of the molecule is c1ccc(COc2ccc3c(c2OCc2cccc4ccccc24)Cc2ccccc2-3)cc1. The summed E-state index contributed by atoms with van der Waals surface area (Å²) in [4.78, 5) is 0. The minimum absolute atomic E-state index is 0.496. The van der Waals surface area contributed by atoms with Gasteiger partial charge in [0.15, 0.2) is 11.5 Å². The number of rotatable bonds is 6. The Balaban J connectivity index is 1.36. The van der Waals surface area contributed by atoms with Crippen LogP contribution in [-0.2, 0) is 19.6 Å². The maximum absolute atomic E-state index is 6.57. The van der Waals surface area contributed by atoms with Gasteiger partial charge in [0.05, 0.1) is 0 Å². The highest BCUT2D eigenvalue weighted by Crippen LogP contribution is 2.46. The maximum atomic E-state index is 6.57. The van der Waals surface area contributed by atoms with Crippen molar-refractivity contribution in [2.75, 3.05) is 0 Å². The van der Waals surface area contributed by atoms with E-state index in [-0.39, 0.29) is 0 Å². The Morgan fingerprint density at radius 2 is 1.36 bits per heavy atom. The lowest BCUT2D eigenvalue weighted by molar-refractivity contribution is 0.255. The van der Waals surface area contributed by atoms with Crippen LogP contribution >= 0.6 is 0 Å². The normalized spacial score (nSPS) is 11.8. The third kappa shape index (κ3) is 3.74. The topological polar surface area (TPSA) is 18.5 Å². The van der Waals surface area contributed by atoms with Crippen LogP contribution in [0.5, 0.6) is 11.5 Å². The highest BCUT2D eigenvalue weighted by Gasteiger charge is 2.25. The lowest BCUT2D eigenvalue weighted by atomic mass is 10.0. The van der Waals surface area contributed by atoms with Crippen molar-refractivity contribution < 1.29 is 9.47 Å². The van der Waals surface area contributed by atoms with E-state index in [9.17, 15) is 0 Å². The molecule has 6 rings (SSSR count). The van der Waals surface area contributed by atoms with Gasteiger partial charge in [-0.05, 0) is 44.7 Å². The van der Waals surface area contributed by atoms with Gasteiger partial charge < -0.3 is 9.47 Å². The predicted molar refractivity (Wildman–Crippen MR) is 134 cm³/mol. The Kier molecular flexibility index (Phi) is 5.04.